The van der Waals surface area contributed by atoms with Gasteiger partial charge >= 0.3 is 5.97 Å². The summed E-state index contributed by atoms with van der Waals surface area (Å²) in [7, 11) is 0. The van der Waals surface area contributed by atoms with E-state index in [1.54, 1.807) is 0 Å². The molecule has 1 saturated heterocycles. The fourth-order valence-electron chi connectivity index (χ4n) is 3.40. The molecule has 1 saturated carbocycles. The zero-order chi connectivity index (χ0) is 12.8. The van der Waals surface area contributed by atoms with Gasteiger partial charge in [-0.3, -0.25) is 4.79 Å². The minimum atomic E-state index is -0.654. The van der Waals surface area contributed by atoms with Crippen LogP contribution in [0, 0.1) is 12.3 Å². The second kappa shape index (κ2) is 3.82. The second-order valence-electron chi connectivity index (χ2n) is 5.69. The summed E-state index contributed by atoms with van der Waals surface area (Å²) in [4.78, 5) is 11.7. The molecule has 0 unspecified atom stereocenters. The lowest BCUT2D eigenvalue weighted by Gasteiger charge is -2.57. The first-order chi connectivity index (χ1) is 8.61. The predicted molar refractivity (Wildman–Crippen MR) is 67.6 cm³/mol. The molecule has 2 fully saturated rings. The van der Waals surface area contributed by atoms with Crippen molar-refractivity contribution < 1.29 is 14.6 Å². The number of hydrogen-bond acceptors (Lipinski definition) is 2. The van der Waals surface area contributed by atoms with Crippen LogP contribution in [0.25, 0.3) is 0 Å². The third-order valence-corrected chi connectivity index (χ3v) is 4.80. The molecule has 0 atom stereocenters. The summed E-state index contributed by atoms with van der Waals surface area (Å²) in [5, 5.41) is 9.66. The van der Waals surface area contributed by atoms with E-state index < -0.39 is 11.4 Å². The highest BCUT2D eigenvalue weighted by atomic mass is 16.5. The van der Waals surface area contributed by atoms with E-state index in [1.807, 2.05) is 19.1 Å². The number of ether oxygens (including phenoxy) is 1. The van der Waals surface area contributed by atoms with Crippen molar-refractivity contribution in [2.24, 2.45) is 5.41 Å². The summed E-state index contributed by atoms with van der Waals surface area (Å²) >= 11 is 0. The molecule has 0 radical (unpaired) electrons. The number of carbonyl (C=O) groups is 1. The van der Waals surface area contributed by atoms with Gasteiger partial charge in [-0.2, -0.15) is 0 Å². The molecule has 3 heteroatoms. The van der Waals surface area contributed by atoms with E-state index in [1.165, 1.54) is 5.56 Å². The topological polar surface area (TPSA) is 46.5 Å². The molecule has 96 valence electrons. The van der Waals surface area contributed by atoms with Gasteiger partial charge < -0.3 is 9.84 Å². The van der Waals surface area contributed by atoms with Crippen LogP contribution < -0.4 is 0 Å². The van der Waals surface area contributed by atoms with Crippen LogP contribution in [0.5, 0.6) is 0 Å². The fraction of sp³-hybridized carbons (Fsp3) is 0.533. The summed E-state index contributed by atoms with van der Waals surface area (Å²) in [6.45, 7) is 3.14. The standard InChI is InChI=1S/C15H18O3/c1-11-4-2-5-12(8-11)15(9-18-10-15)14(13(16)17)6-3-7-14/h2,4-5,8H,3,6-7,9-10H2,1H3,(H,16,17). The maximum atomic E-state index is 11.7. The van der Waals surface area contributed by atoms with E-state index in [-0.39, 0.29) is 5.41 Å². The zero-order valence-corrected chi connectivity index (χ0v) is 10.6. The Labute approximate surface area is 107 Å². The molecular weight excluding hydrogens is 228 g/mol. The number of benzene rings is 1. The minimum Gasteiger partial charge on any atom is -0.481 e. The van der Waals surface area contributed by atoms with Crippen molar-refractivity contribution in [1.82, 2.24) is 0 Å². The predicted octanol–water partition coefficient (Wildman–Crippen LogP) is 2.52. The van der Waals surface area contributed by atoms with Crippen molar-refractivity contribution in [3.05, 3.63) is 35.4 Å². The number of aryl methyl sites for hydroxylation is 1. The Morgan fingerprint density at radius 1 is 1.33 bits per heavy atom. The third-order valence-electron chi connectivity index (χ3n) is 4.80. The number of aliphatic carboxylic acids is 1. The quantitative estimate of drug-likeness (QED) is 0.891. The summed E-state index contributed by atoms with van der Waals surface area (Å²) in [6.07, 6.45) is 2.57. The first-order valence-electron chi connectivity index (χ1n) is 6.49. The molecule has 0 bridgehead atoms. The van der Waals surface area contributed by atoms with Crippen LogP contribution in [0.1, 0.15) is 30.4 Å². The Bertz CT molecular complexity index is 484. The minimum absolute atomic E-state index is 0.302. The fourth-order valence-corrected chi connectivity index (χ4v) is 3.40. The van der Waals surface area contributed by atoms with Gasteiger partial charge in [0.25, 0.3) is 0 Å². The Morgan fingerprint density at radius 3 is 2.44 bits per heavy atom. The SMILES string of the molecule is Cc1cccc(C2(C3(C(=O)O)CCC3)COC2)c1. The third kappa shape index (κ3) is 1.31. The monoisotopic (exact) mass is 246 g/mol. The average Bonchev–Trinajstić information content (AvgIpc) is 2.19. The lowest BCUT2D eigenvalue weighted by molar-refractivity contribution is -0.192. The van der Waals surface area contributed by atoms with E-state index in [4.69, 9.17) is 4.74 Å². The Kier molecular flexibility index (Phi) is 2.49. The molecule has 1 aliphatic carbocycles. The lowest BCUT2D eigenvalue weighted by atomic mass is 9.49. The van der Waals surface area contributed by atoms with E-state index in [9.17, 15) is 9.90 Å². The van der Waals surface area contributed by atoms with E-state index in [0.717, 1.165) is 24.8 Å². The Balaban J connectivity index is 2.07. The van der Waals surface area contributed by atoms with Crippen molar-refractivity contribution in [3.8, 4) is 0 Å². The van der Waals surface area contributed by atoms with Crippen molar-refractivity contribution in [3.63, 3.8) is 0 Å². The maximum Gasteiger partial charge on any atom is 0.310 e. The smallest absolute Gasteiger partial charge is 0.310 e. The van der Waals surface area contributed by atoms with Crippen LogP contribution in [-0.4, -0.2) is 24.3 Å². The van der Waals surface area contributed by atoms with Crippen LogP contribution in [0.4, 0.5) is 0 Å². The summed E-state index contributed by atoms with van der Waals surface area (Å²) < 4.78 is 5.40. The maximum absolute atomic E-state index is 11.7. The molecule has 1 aliphatic heterocycles. The van der Waals surface area contributed by atoms with Crippen molar-refractivity contribution in [2.75, 3.05) is 13.2 Å². The molecule has 1 aromatic rings. The van der Waals surface area contributed by atoms with Crippen LogP contribution in [0.2, 0.25) is 0 Å². The summed E-state index contributed by atoms with van der Waals surface area (Å²) in [6, 6.07) is 8.23. The highest BCUT2D eigenvalue weighted by Gasteiger charge is 2.64. The summed E-state index contributed by atoms with van der Waals surface area (Å²) in [5.41, 5.74) is 1.41. The van der Waals surface area contributed by atoms with Gasteiger partial charge in [0, 0.05) is 0 Å². The highest BCUT2D eigenvalue weighted by Crippen LogP contribution is 2.58. The second-order valence-corrected chi connectivity index (χ2v) is 5.69. The molecule has 2 aliphatic rings. The molecule has 0 aromatic heterocycles. The van der Waals surface area contributed by atoms with E-state index in [2.05, 4.69) is 12.1 Å². The average molecular weight is 246 g/mol. The molecule has 18 heavy (non-hydrogen) atoms. The molecule has 1 N–H and O–H groups in total. The number of carboxylic acid groups (broad SMARTS) is 1. The summed E-state index contributed by atoms with van der Waals surface area (Å²) in [5.74, 6) is -0.654. The van der Waals surface area contributed by atoms with Crippen molar-refractivity contribution in [1.29, 1.82) is 0 Å². The Hall–Kier alpha value is -1.35. The lowest BCUT2D eigenvalue weighted by Crippen LogP contribution is -2.64. The molecule has 0 amide bonds. The van der Waals surface area contributed by atoms with Crippen molar-refractivity contribution in [2.45, 2.75) is 31.6 Å². The molecule has 3 rings (SSSR count). The van der Waals surface area contributed by atoms with Crippen LogP contribution in [0.3, 0.4) is 0 Å². The molecule has 3 nitrogen and oxygen atoms in total. The normalized spacial score (nSPS) is 23.8. The molecule has 1 heterocycles. The van der Waals surface area contributed by atoms with Gasteiger partial charge in [-0.15, -0.1) is 0 Å². The highest BCUT2D eigenvalue weighted by molar-refractivity contribution is 5.79. The number of rotatable bonds is 3. The van der Waals surface area contributed by atoms with Gasteiger partial charge in [-0.05, 0) is 25.3 Å². The van der Waals surface area contributed by atoms with Crippen molar-refractivity contribution >= 4 is 5.97 Å². The molecular formula is C15H18O3. The zero-order valence-electron chi connectivity index (χ0n) is 10.6. The van der Waals surface area contributed by atoms with Gasteiger partial charge in [0.2, 0.25) is 0 Å². The Morgan fingerprint density at radius 2 is 2.06 bits per heavy atom. The first kappa shape index (κ1) is 11.7. The number of carboxylic acids is 1. The largest absolute Gasteiger partial charge is 0.481 e. The van der Waals surface area contributed by atoms with Gasteiger partial charge in [-0.25, -0.2) is 0 Å². The van der Waals surface area contributed by atoms with Gasteiger partial charge in [-0.1, -0.05) is 36.2 Å². The van der Waals surface area contributed by atoms with E-state index >= 15 is 0 Å². The van der Waals surface area contributed by atoms with Gasteiger partial charge in [0.05, 0.1) is 24.0 Å². The first-order valence-corrected chi connectivity index (χ1v) is 6.49. The molecule has 0 spiro atoms. The van der Waals surface area contributed by atoms with Crippen LogP contribution in [-0.2, 0) is 14.9 Å². The molecule has 1 aromatic carbocycles. The van der Waals surface area contributed by atoms with Crippen LogP contribution in [0.15, 0.2) is 24.3 Å². The van der Waals surface area contributed by atoms with E-state index in [0.29, 0.717) is 13.2 Å². The van der Waals surface area contributed by atoms with Gasteiger partial charge in [0.1, 0.15) is 0 Å². The number of hydrogen-bond donors (Lipinski definition) is 1. The van der Waals surface area contributed by atoms with Crippen LogP contribution >= 0.6 is 0 Å². The van der Waals surface area contributed by atoms with Gasteiger partial charge in [0.15, 0.2) is 0 Å².